The van der Waals surface area contributed by atoms with Crippen LogP contribution in [-0.2, 0) is 6.54 Å². The first-order valence-electron chi connectivity index (χ1n) is 8.08. The van der Waals surface area contributed by atoms with Crippen molar-refractivity contribution < 1.29 is 9.90 Å². The molecule has 2 heterocycles. The fourth-order valence-electron chi connectivity index (χ4n) is 2.78. The van der Waals surface area contributed by atoms with E-state index in [2.05, 4.69) is 33.0 Å². The molecule has 0 saturated carbocycles. The quantitative estimate of drug-likeness (QED) is 0.719. The Labute approximate surface area is 136 Å². The lowest BCUT2D eigenvalue weighted by Gasteiger charge is -2.32. The largest absolute Gasteiger partial charge is 0.393 e. The van der Waals surface area contributed by atoms with Crippen molar-refractivity contribution in [1.82, 2.24) is 15.5 Å². The molecule has 22 heavy (non-hydrogen) atoms. The van der Waals surface area contributed by atoms with Gasteiger partial charge < -0.3 is 15.7 Å². The van der Waals surface area contributed by atoms with Crippen LogP contribution in [0.25, 0.3) is 0 Å². The first kappa shape index (κ1) is 17.2. The third-order valence-corrected chi connectivity index (χ3v) is 4.82. The highest BCUT2D eigenvalue weighted by molar-refractivity contribution is 7.09. The molecule has 6 heteroatoms. The van der Waals surface area contributed by atoms with E-state index in [1.165, 1.54) is 17.7 Å². The van der Waals surface area contributed by atoms with Crippen LogP contribution in [0.2, 0.25) is 0 Å². The molecule has 5 nitrogen and oxygen atoms in total. The highest BCUT2D eigenvalue weighted by atomic mass is 32.1. The molecule has 1 aliphatic heterocycles. The van der Waals surface area contributed by atoms with E-state index in [0.29, 0.717) is 18.9 Å². The van der Waals surface area contributed by atoms with Crippen LogP contribution in [0.15, 0.2) is 17.5 Å². The maximum absolute atomic E-state index is 11.7. The maximum atomic E-state index is 11.7. The smallest absolute Gasteiger partial charge is 0.314 e. The van der Waals surface area contributed by atoms with Gasteiger partial charge in [0.05, 0.1) is 6.10 Å². The van der Waals surface area contributed by atoms with Gasteiger partial charge in [0, 0.05) is 31.1 Å². The standard InChI is InChI=1S/C16H27N3O2S/c1-13(20)6-7-17-16(21)18-10-14-4-2-8-19(11-14)12-15-5-3-9-22-15/h3,5,9,13-14,20H,2,4,6-8,10-12H2,1H3,(H2,17,18,21). The van der Waals surface area contributed by atoms with Crippen LogP contribution in [0.1, 0.15) is 31.1 Å². The normalized spacial score (nSPS) is 20.5. The number of hydrogen-bond acceptors (Lipinski definition) is 4. The minimum Gasteiger partial charge on any atom is -0.393 e. The molecule has 1 fully saturated rings. The highest BCUT2D eigenvalue weighted by Gasteiger charge is 2.20. The van der Waals surface area contributed by atoms with Crippen LogP contribution in [0, 0.1) is 5.92 Å². The van der Waals surface area contributed by atoms with Crippen molar-refractivity contribution >= 4 is 17.4 Å². The number of rotatable bonds is 7. The summed E-state index contributed by atoms with van der Waals surface area (Å²) in [6.07, 6.45) is 2.59. The number of nitrogens with one attached hydrogen (secondary N) is 2. The van der Waals surface area contributed by atoms with E-state index in [4.69, 9.17) is 5.11 Å². The minimum atomic E-state index is -0.371. The number of urea groups is 1. The summed E-state index contributed by atoms with van der Waals surface area (Å²) in [7, 11) is 0. The number of nitrogens with zero attached hydrogens (tertiary/aromatic N) is 1. The van der Waals surface area contributed by atoms with Crippen molar-refractivity contribution in [3.05, 3.63) is 22.4 Å². The summed E-state index contributed by atoms with van der Waals surface area (Å²) in [5, 5.41) is 17.0. The monoisotopic (exact) mass is 325 g/mol. The van der Waals surface area contributed by atoms with Gasteiger partial charge in [-0.3, -0.25) is 4.90 Å². The molecule has 2 unspecified atom stereocenters. The molecule has 2 amide bonds. The highest BCUT2D eigenvalue weighted by Crippen LogP contribution is 2.19. The molecule has 0 radical (unpaired) electrons. The zero-order valence-corrected chi connectivity index (χ0v) is 14.1. The average molecular weight is 325 g/mol. The summed E-state index contributed by atoms with van der Waals surface area (Å²) >= 11 is 1.81. The van der Waals surface area contributed by atoms with E-state index >= 15 is 0 Å². The van der Waals surface area contributed by atoms with E-state index in [0.717, 1.165) is 26.2 Å². The lowest BCUT2D eigenvalue weighted by molar-refractivity contribution is 0.165. The van der Waals surface area contributed by atoms with Crippen LogP contribution in [0.5, 0.6) is 0 Å². The number of carbonyl (C=O) groups excluding carboxylic acids is 1. The van der Waals surface area contributed by atoms with Gasteiger partial charge in [-0.25, -0.2) is 4.79 Å². The predicted octanol–water partition coefficient (Wildman–Crippen LogP) is 2.03. The van der Waals surface area contributed by atoms with Crippen molar-refractivity contribution in [2.45, 2.75) is 38.8 Å². The second kappa shape index (κ2) is 9.12. The Bertz CT molecular complexity index is 437. The van der Waals surface area contributed by atoms with Crippen LogP contribution in [-0.4, -0.2) is 48.3 Å². The zero-order valence-electron chi connectivity index (χ0n) is 13.3. The number of aliphatic hydroxyl groups is 1. The fraction of sp³-hybridized carbons (Fsp3) is 0.688. The van der Waals surface area contributed by atoms with Crippen molar-refractivity contribution in [3.8, 4) is 0 Å². The molecule has 1 aromatic heterocycles. The Morgan fingerprint density at radius 1 is 1.55 bits per heavy atom. The summed E-state index contributed by atoms with van der Waals surface area (Å²) in [4.78, 5) is 15.6. The molecule has 1 aromatic rings. The third kappa shape index (κ3) is 6.34. The van der Waals surface area contributed by atoms with E-state index in [1.54, 1.807) is 18.3 Å². The molecule has 0 aliphatic carbocycles. The van der Waals surface area contributed by atoms with Gasteiger partial charge in [-0.2, -0.15) is 0 Å². The topological polar surface area (TPSA) is 64.6 Å². The molecule has 124 valence electrons. The van der Waals surface area contributed by atoms with Crippen molar-refractivity contribution in [3.63, 3.8) is 0 Å². The van der Waals surface area contributed by atoms with Crippen LogP contribution in [0.3, 0.4) is 0 Å². The number of likely N-dealkylation sites (tertiary alicyclic amines) is 1. The maximum Gasteiger partial charge on any atom is 0.314 e. The first-order chi connectivity index (χ1) is 10.6. The number of carbonyl (C=O) groups is 1. The van der Waals surface area contributed by atoms with Gasteiger partial charge in [-0.15, -0.1) is 11.3 Å². The Morgan fingerprint density at radius 2 is 2.41 bits per heavy atom. The summed E-state index contributed by atoms with van der Waals surface area (Å²) in [5.74, 6) is 0.524. The second-order valence-corrected chi connectivity index (χ2v) is 7.13. The average Bonchev–Trinajstić information content (AvgIpc) is 2.98. The molecule has 3 N–H and O–H groups in total. The van der Waals surface area contributed by atoms with Crippen molar-refractivity contribution in [2.75, 3.05) is 26.2 Å². The van der Waals surface area contributed by atoms with Gasteiger partial charge in [0.1, 0.15) is 0 Å². The molecule has 0 spiro atoms. The van der Waals surface area contributed by atoms with Crippen LogP contribution in [0.4, 0.5) is 4.79 Å². The summed E-state index contributed by atoms with van der Waals surface area (Å²) in [6.45, 7) is 6.18. The summed E-state index contributed by atoms with van der Waals surface area (Å²) < 4.78 is 0. The Hall–Kier alpha value is -1.11. The fourth-order valence-corrected chi connectivity index (χ4v) is 3.52. The predicted molar refractivity (Wildman–Crippen MR) is 90.0 cm³/mol. The molecule has 2 atom stereocenters. The van der Waals surface area contributed by atoms with Crippen molar-refractivity contribution in [2.24, 2.45) is 5.92 Å². The Morgan fingerprint density at radius 3 is 3.14 bits per heavy atom. The molecule has 2 rings (SSSR count). The molecule has 1 saturated heterocycles. The second-order valence-electron chi connectivity index (χ2n) is 6.10. The summed E-state index contributed by atoms with van der Waals surface area (Å²) in [5.41, 5.74) is 0. The lowest BCUT2D eigenvalue weighted by atomic mass is 9.98. The van der Waals surface area contributed by atoms with E-state index in [9.17, 15) is 4.79 Å². The van der Waals surface area contributed by atoms with Gasteiger partial charge in [0.2, 0.25) is 0 Å². The van der Waals surface area contributed by atoms with Crippen LogP contribution >= 0.6 is 11.3 Å². The van der Waals surface area contributed by atoms with Gasteiger partial charge in [0.25, 0.3) is 0 Å². The number of aliphatic hydroxyl groups excluding tert-OH is 1. The van der Waals surface area contributed by atoms with Gasteiger partial charge >= 0.3 is 6.03 Å². The number of hydrogen-bond donors (Lipinski definition) is 3. The van der Waals surface area contributed by atoms with Gasteiger partial charge in [0.15, 0.2) is 0 Å². The lowest BCUT2D eigenvalue weighted by Crippen LogP contribution is -2.43. The van der Waals surface area contributed by atoms with E-state index in [-0.39, 0.29) is 12.1 Å². The molecule has 1 aliphatic rings. The Kier molecular flexibility index (Phi) is 7.15. The van der Waals surface area contributed by atoms with Gasteiger partial charge in [-0.05, 0) is 50.1 Å². The van der Waals surface area contributed by atoms with Crippen molar-refractivity contribution in [1.29, 1.82) is 0 Å². The third-order valence-electron chi connectivity index (χ3n) is 3.96. The molecular formula is C16H27N3O2S. The number of piperidine rings is 1. The SMILES string of the molecule is CC(O)CCNC(=O)NCC1CCCN(Cc2cccs2)C1. The Balaban J connectivity index is 1.64. The number of amides is 2. The minimum absolute atomic E-state index is 0.129. The number of thiophene rings is 1. The van der Waals surface area contributed by atoms with Gasteiger partial charge in [-0.1, -0.05) is 6.07 Å². The molecule has 0 aromatic carbocycles. The van der Waals surface area contributed by atoms with Crippen LogP contribution < -0.4 is 10.6 Å². The zero-order chi connectivity index (χ0) is 15.8. The molecule has 0 bridgehead atoms. The summed E-state index contributed by atoms with van der Waals surface area (Å²) in [6, 6.07) is 4.15. The van der Waals surface area contributed by atoms with E-state index in [1.807, 2.05) is 0 Å². The first-order valence-corrected chi connectivity index (χ1v) is 8.96. The molecular weight excluding hydrogens is 298 g/mol. The van der Waals surface area contributed by atoms with E-state index < -0.39 is 0 Å².